The topological polar surface area (TPSA) is 109 Å². The first-order chi connectivity index (χ1) is 12.9. The van der Waals surface area contributed by atoms with Gasteiger partial charge in [-0.3, -0.25) is 5.84 Å². The highest BCUT2D eigenvalue weighted by atomic mass is 19.4. The van der Waals surface area contributed by atoms with Gasteiger partial charge in [0, 0.05) is 6.20 Å². The first-order valence-corrected chi connectivity index (χ1v) is 7.65. The maximum atomic E-state index is 12.2. The van der Waals surface area contributed by atoms with Crippen molar-refractivity contribution >= 4 is 11.0 Å². The van der Waals surface area contributed by atoms with Crippen LogP contribution in [0.3, 0.4) is 0 Å². The Morgan fingerprint density at radius 2 is 1.85 bits per heavy atom. The van der Waals surface area contributed by atoms with Crippen LogP contribution in [0.1, 0.15) is 0 Å². The van der Waals surface area contributed by atoms with Gasteiger partial charge in [0.1, 0.15) is 12.4 Å². The molecule has 3 aromatic rings. The lowest BCUT2D eigenvalue weighted by Gasteiger charge is -2.09. The van der Waals surface area contributed by atoms with Gasteiger partial charge in [-0.1, -0.05) is 18.2 Å². The minimum atomic E-state index is -4.73. The van der Waals surface area contributed by atoms with Crippen molar-refractivity contribution in [2.24, 2.45) is 11.6 Å². The van der Waals surface area contributed by atoms with Crippen LogP contribution in [-0.2, 0) is 0 Å². The Morgan fingerprint density at radius 1 is 1.15 bits per heavy atom. The van der Waals surface area contributed by atoms with Gasteiger partial charge >= 0.3 is 6.36 Å². The van der Waals surface area contributed by atoms with Gasteiger partial charge in [-0.25, -0.2) is 0 Å². The zero-order chi connectivity index (χ0) is 19.4. The second-order valence-corrected chi connectivity index (χ2v) is 5.45. The Hall–Kier alpha value is -3.40. The molecule has 0 fully saturated rings. The number of nitrogens with zero attached hydrogens (tertiary/aromatic N) is 1. The van der Waals surface area contributed by atoms with Gasteiger partial charge in [-0.05, 0) is 40.5 Å². The van der Waals surface area contributed by atoms with E-state index in [-0.39, 0.29) is 18.2 Å². The van der Waals surface area contributed by atoms with Gasteiger partial charge in [0.15, 0.2) is 5.58 Å². The number of ether oxygens (including phenoxy) is 2. The number of aromatic nitrogens is 1. The average Bonchev–Trinajstić information content (AvgIpc) is 3.02. The van der Waals surface area contributed by atoms with Crippen LogP contribution in [0.15, 0.2) is 58.9 Å². The molecule has 5 N–H and O–H groups in total. The molecule has 10 heteroatoms. The molecular formula is C17H15F3N4O3. The predicted octanol–water partition coefficient (Wildman–Crippen LogP) is 3.04. The summed E-state index contributed by atoms with van der Waals surface area (Å²) in [5.74, 6) is 5.07. The molecule has 3 rings (SSSR count). The lowest BCUT2D eigenvalue weighted by atomic mass is 10.0. The smallest absolute Gasteiger partial charge is 0.469 e. The van der Waals surface area contributed by atoms with Crippen molar-refractivity contribution in [2.45, 2.75) is 6.36 Å². The first kappa shape index (κ1) is 18.4. The van der Waals surface area contributed by atoms with Crippen LogP contribution in [-0.4, -0.2) is 18.1 Å². The number of hydrogen-bond acceptors (Lipinski definition) is 7. The quantitative estimate of drug-likeness (QED) is 0.445. The molecule has 0 radical (unpaired) electrons. The van der Waals surface area contributed by atoms with Crippen molar-refractivity contribution in [2.75, 3.05) is 6.61 Å². The Balaban J connectivity index is 1.83. The second kappa shape index (κ2) is 7.46. The molecule has 0 aliphatic rings. The van der Waals surface area contributed by atoms with E-state index in [0.29, 0.717) is 22.2 Å². The fraction of sp³-hybridized carbons (Fsp3) is 0.118. The number of alkyl halides is 3. The summed E-state index contributed by atoms with van der Waals surface area (Å²) in [6.07, 6.45) is -3.36. The van der Waals surface area contributed by atoms with Crippen LogP contribution in [0, 0.1) is 0 Å². The summed E-state index contributed by atoms with van der Waals surface area (Å²) in [4.78, 5) is 0. The summed E-state index contributed by atoms with van der Waals surface area (Å²) in [5.41, 5.74) is 10.2. The summed E-state index contributed by atoms with van der Waals surface area (Å²) in [6.45, 7) is 0.0412. The number of hydrogen-bond donors (Lipinski definition) is 3. The van der Waals surface area contributed by atoms with E-state index in [1.807, 2.05) is 0 Å². The molecule has 0 saturated heterocycles. The van der Waals surface area contributed by atoms with Crippen molar-refractivity contribution in [3.05, 3.63) is 54.4 Å². The second-order valence-electron chi connectivity index (χ2n) is 5.45. The molecule has 0 aliphatic carbocycles. The van der Waals surface area contributed by atoms with E-state index >= 15 is 0 Å². The summed E-state index contributed by atoms with van der Waals surface area (Å²) < 4.78 is 51.3. The summed E-state index contributed by atoms with van der Waals surface area (Å²) in [6, 6.07) is 10.7. The molecule has 142 valence electrons. The van der Waals surface area contributed by atoms with Crippen molar-refractivity contribution in [3.8, 4) is 22.8 Å². The summed E-state index contributed by atoms with van der Waals surface area (Å²) in [7, 11) is 0. The van der Waals surface area contributed by atoms with Crippen LogP contribution in [0.4, 0.5) is 13.2 Å². The Labute approximate surface area is 151 Å². The van der Waals surface area contributed by atoms with Crippen molar-refractivity contribution in [3.63, 3.8) is 0 Å². The SMILES string of the molecule is NN/C=C(\N)COc1noc2ccc(-c3ccc(OC(F)(F)F)cc3)cc12. The lowest BCUT2D eigenvalue weighted by molar-refractivity contribution is -0.274. The van der Waals surface area contributed by atoms with E-state index in [1.54, 1.807) is 18.2 Å². The molecule has 27 heavy (non-hydrogen) atoms. The van der Waals surface area contributed by atoms with Gasteiger partial charge < -0.3 is 25.2 Å². The zero-order valence-electron chi connectivity index (χ0n) is 13.8. The van der Waals surface area contributed by atoms with Gasteiger partial charge in [0.25, 0.3) is 5.88 Å². The third-order valence-corrected chi connectivity index (χ3v) is 3.50. The number of rotatable bonds is 6. The van der Waals surface area contributed by atoms with Gasteiger partial charge in [-0.15, -0.1) is 13.2 Å². The van der Waals surface area contributed by atoms with E-state index in [4.69, 9.17) is 20.8 Å². The molecule has 0 amide bonds. The van der Waals surface area contributed by atoms with E-state index in [9.17, 15) is 13.2 Å². The Bertz CT molecular complexity index is 952. The number of nitrogens with two attached hydrogens (primary N) is 2. The zero-order valence-corrected chi connectivity index (χ0v) is 13.8. The summed E-state index contributed by atoms with van der Waals surface area (Å²) >= 11 is 0. The van der Waals surface area contributed by atoms with Crippen LogP contribution in [0.5, 0.6) is 11.6 Å². The third-order valence-electron chi connectivity index (χ3n) is 3.50. The molecule has 1 heterocycles. The molecule has 0 bridgehead atoms. The largest absolute Gasteiger partial charge is 0.573 e. The minimum Gasteiger partial charge on any atom is -0.469 e. The van der Waals surface area contributed by atoms with E-state index in [2.05, 4.69) is 15.3 Å². The van der Waals surface area contributed by atoms with E-state index in [1.165, 1.54) is 30.5 Å². The molecule has 0 unspecified atom stereocenters. The maximum absolute atomic E-state index is 12.2. The fourth-order valence-corrected chi connectivity index (χ4v) is 2.35. The summed E-state index contributed by atoms with van der Waals surface area (Å²) in [5, 5.41) is 4.43. The third kappa shape index (κ3) is 4.61. The Kier molecular flexibility index (Phi) is 5.08. The number of fused-ring (bicyclic) bond motifs is 1. The standard InChI is InChI=1S/C17H15F3N4O3/c18-17(19,20)26-13-4-1-10(2-5-13)11-3-6-15-14(7-11)16(24-27-15)25-9-12(21)8-23-22/h1-8,23H,9,21-22H2/b12-8-. The van der Waals surface area contributed by atoms with Crippen molar-refractivity contribution in [1.82, 2.24) is 10.6 Å². The molecular weight excluding hydrogens is 365 g/mol. The number of benzene rings is 2. The van der Waals surface area contributed by atoms with Gasteiger partial charge in [0.05, 0.1) is 11.1 Å². The predicted molar refractivity (Wildman–Crippen MR) is 91.2 cm³/mol. The first-order valence-electron chi connectivity index (χ1n) is 7.65. The maximum Gasteiger partial charge on any atom is 0.573 e. The number of halogens is 3. The minimum absolute atomic E-state index is 0.0412. The van der Waals surface area contributed by atoms with Crippen LogP contribution in [0.25, 0.3) is 22.1 Å². The number of nitrogens with one attached hydrogen (secondary N) is 1. The van der Waals surface area contributed by atoms with Crippen LogP contribution < -0.4 is 26.5 Å². The lowest BCUT2D eigenvalue weighted by Crippen LogP contribution is -2.19. The molecule has 0 spiro atoms. The highest BCUT2D eigenvalue weighted by molar-refractivity contribution is 5.87. The van der Waals surface area contributed by atoms with Gasteiger partial charge in [0.2, 0.25) is 0 Å². The highest BCUT2D eigenvalue weighted by Crippen LogP contribution is 2.31. The molecule has 1 aromatic heterocycles. The normalized spacial score (nSPS) is 12.2. The molecule has 7 nitrogen and oxygen atoms in total. The highest BCUT2D eigenvalue weighted by Gasteiger charge is 2.30. The monoisotopic (exact) mass is 380 g/mol. The Morgan fingerprint density at radius 3 is 2.52 bits per heavy atom. The van der Waals surface area contributed by atoms with Crippen LogP contribution in [0.2, 0.25) is 0 Å². The average molecular weight is 380 g/mol. The number of hydrazine groups is 1. The van der Waals surface area contributed by atoms with Crippen molar-refractivity contribution < 1.29 is 27.2 Å². The molecule has 0 atom stereocenters. The van der Waals surface area contributed by atoms with E-state index < -0.39 is 6.36 Å². The molecule has 0 aliphatic heterocycles. The van der Waals surface area contributed by atoms with E-state index in [0.717, 1.165) is 5.56 Å². The van der Waals surface area contributed by atoms with Gasteiger partial charge in [-0.2, -0.15) is 0 Å². The van der Waals surface area contributed by atoms with Crippen LogP contribution >= 0.6 is 0 Å². The fourth-order valence-electron chi connectivity index (χ4n) is 2.35. The molecule has 2 aromatic carbocycles. The van der Waals surface area contributed by atoms with Crippen molar-refractivity contribution in [1.29, 1.82) is 0 Å². The molecule has 0 saturated carbocycles.